The molecule has 0 aliphatic carbocycles. The van der Waals surface area contributed by atoms with Crippen LogP contribution in [0.5, 0.6) is 5.75 Å². The van der Waals surface area contributed by atoms with Crippen LogP contribution in [-0.4, -0.2) is 32.2 Å². The van der Waals surface area contributed by atoms with Crippen molar-refractivity contribution in [2.24, 2.45) is 5.92 Å². The highest BCUT2D eigenvalue weighted by atomic mass is 19.3. The number of rotatable bonds is 6. The molecular weight excluding hydrogens is 278 g/mol. The van der Waals surface area contributed by atoms with E-state index in [9.17, 15) is 13.6 Å². The van der Waals surface area contributed by atoms with E-state index < -0.39 is 6.61 Å². The van der Waals surface area contributed by atoms with Crippen molar-refractivity contribution in [2.45, 2.75) is 25.9 Å². The molecule has 1 amide bonds. The molecular formula is C15H20F2N2O2. The van der Waals surface area contributed by atoms with Gasteiger partial charge in [-0.3, -0.25) is 4.79 Å². The van der Waals surface area contributed by atoms with Gasteiger partial charge in [0.2, 0.25) is 5.91 Å². The molecule has 1 fully saturated rings. The molecule has 1 aliphatic rings. The zero-order chi connectivity index (χ0) is 15.1. The summed E-state index contributed by atoms with van der Waals surface area (Å²) in [5, 5.41) is 6.13. The van der Waals surface area contributed by atoms with Crippen molar-refractivity contribution in [3.05, 3.63) is 29.8 Å². The number of benzene rings is 1. The van der Waals surface area contributed by atoms with Crippen LogP contribution < -0.4 is 15.4 Å². The van der Waals surface area contributed by atoms with Gasteiger partial charge in [-0.2, -0.15) is 8.78 Å². The van der Waals surface area contributed by atoms with Gasteiger partial charge in [-0.05, 0) is 43.5 Å². The number of ether oxygens (including phenoxy) is 1. The van der Waals surface area contributed by atoms with Crippen molar-refractivity contribution in [3.8, 4) is 5.75 Å². The van der Waals surface area contributed by atoms with Crippen molar-refractivity contribution >= 4 is 5.91 Å². The average molecular weight is 298 g/mol. The molecule has 21 heavy (non-hydrogen) atoms. The predicted octanol–water partition coefficient (Wildman–Crippen LogP) is 1.95. The van der Waals surface area contributed by atoms with Gasteiger partial charge in [0, 0.05) is 13.1 Å². The molecule has 2 rings (SSSR count). The fourth-order valence-electron chi connectivity index (χ4n) is 2.39. The summed E-state index contributed by atoms with van der Waals surface area (Å²) in [6.07, 6.45) is 2.63. The number of alkyl halides is 2. The van der Waals surface area contributed by atoms with E-state index in [1.807, 2.05) is 0 Å². The Balaban J connectivity index is 1.71. The highest BCUT2D eigenvalue weighted by molar-refractivity contribution is 5.78. The highest BCUT2D eigenvalue weighted by Gasteiger charge is 2.20. The summed E-state index contributed by atoms with van der Waals surface area (Å²) in [6, 6.07) is 6.47. The second-order valence-electron chi connectivity index (χ2n) is 5.11. The third kappa shape index (κ3) is 5.30. The topological polar surface area (TPSA) is 50.4 Å². The molecule has 116 valence electrons. The monoisotopic (exact) mass is 298 g/mol. The Bertz CT molecular complexity index is 445. The van der Waals surface area contributed by atoms with Gasteiger partial charge in [-0.1, -0.05) is 12.1 Å². The largest absolute Gasteiger partial charge is 0.435 e. The maximum absolute atomic E-state index is 12.0. The van der Waals surface area contributed by atoms with Crippen LogP contribution in [0.4, 0.5) is 8.78 Å². The molecule has 2 N–H and O–H groups in total. The van der Waals surface area contributed by atoms with Crippen LogP contribution in [0.2, 0.25) is 0 Å². The molecule has 1 aliphatic heterocycles. The van der Waals surface area contributed by atoms with Gasteiger partial charge >= 0.3 is 6.61 Å². The third-order valence-corrected chi connectivity index (χ3v) is 3.53. The molecule has 0 radical (unpaired) electrons. The van der Waals surface area contributed by atoms with Gasteiger partial charge in [-0.15, -0.1) is 0 Å². The first kappa shape index (κ1) is 15.7. The normalized spacial score (nSPS) is 18.5. The lowest BCUT2D eigenvalue weighted by molar-refractivity contribution is -0.125. The van der Waals surface area contributed by atoms with Crippen LogP contribution in [0.15, 0.2) is 24.3 Å². The quantitative estimate of drug-likeness (QED) is 0.844. The molecule has 1 saturated heterocycles. The van der Waals surface area contributed by atoms with E-state index >= 15 is 0 Å². The maximum atomic E-state index is 12.0. The zero-order valence-corrected chi connectivity index (χ0v) is 11.8. The lowest BCUT2D eigenvalue weighted by Crippen LogP contribution is -2.41. The van der Waals surface area contributed by atoms with Gasteiger partial charge in [-0.25, -0.2) is 0 Å². The van der Waals surface area contributed by atoms with Gasteiger partial charge in [0.15, 0.2) is 0 Å². The highest BCUT2D eigenvalue weighted by Crippen LogP contribution is 2.15. The summed E-state index contributed by atoms with van der Waals surface area (Å²) in [6.45, 7) is -0.536. The second kappa shape index (κ2) is 7.93. The van der Waals surface area contributed by atoms with Gasteiger partial charge in [0.1, 0.15) is 5.75 Å². The molecule has 1 heterocycles. The third-order valence-electron chi connectivity index (χ3n) is 3.53. The van der Waals surface area contributed by atoms with Crippen molar-refractivity contribution in [1.82, 2.24) is 10.6 Å². The fourth-order valence-corrected chi connectivity index (χ4v) is 2.39. The van der Waals surface area contributed by atoms with E-state index in [1.165, 1.54) is 12.1 Å². The Hall–Kier alpha value is -1.69. The van der Waals surface area contributed by atoms with Crippen LogP contribution in [0.1, 0.15) is 18.4 Å². The smallest absolute Gasteiger partial charge is 0.387 e. The first-order chi connectivity index (χ1) is 10.1. The van der Waals surface area contributed by atoms with E-state index in [4.69, 9.17) is 0 Å². The Morgan fingerprint density at radius 3 is 2.76 bits per heavy atom. The minimum absolute atomic E-state index is 0.0561. The molecule has 0 bridgehead atoms. The summed E-state index contributed by atoms with van der Waals surface area (Å²) in [7, 11) is 0. The van der Waals surface area contributed by atoms with Crippen LogP contribution in [-0.2, 0) is 11.2 Å². The van der Waals surface area contributed by atoms with E-state index in [1.54, 1.807) is 12.1 Å². The molecule has 0 saturated carbocycles. The number of piperidine rings is 1. The van der Waals surface area contributed by atoms with Crippen LogP contribution in [0.25, 0.3) is 0 Å². The van der Waals surface area contributed by atoms with Crippen molar-refractivity contribution < 1.29 is 18.3 Å². The molecule has 0 spiro atoms. The first-order valence-electron chi connectivity index (χ1n) is 7.17. The number of carbonyl (C=O) groups excluding carboxylic acids is 1. The number of hydrogen-bond donors (Lipinski definition) is 2. The summed E-state index contributed by atoms with van der Waals surface area (Å²) in [5.74, 6) is 0.284. The van der Waals surface area contributed by atoms with Crippen LogP contribution in [0.3, 0.4) is 0 Å². The summed E-state index contributed by atoms with van der Waals surface area (Å²) >= 11 is 0. The summed E-state index contributed by atoms with van der Waals surface area (Å²) in [4.78, 5) is 11.9. The molecule has 4 nitrogen and oxygen atoms in total. The van der Waals surface area contributed by atoms with E-state index in [-0.39, 0.29) is 17.6 Å². The molecule has 6 heteroatoms. The second-order valence-corrected chi connectivity index (χ2v) is 5.11. The minimum Gasteiger partial charge on any atom is -0.435 e. The molecule has 1 atom stereocenters. The van der Waals surface area contributed by atoms with Crippen LogP contribution in [0, 0.1) is 5.92 Å². The lowest BCUT2D eigenvalue weighted by atomic mass is 9.99. The van der Waals surface area contributed by atoms with Crippen molar-refractivity contribution in [2.75, 3.05) is 19.6 Å². The number of hydrogen-bond acceptors (Lipinski definition) is 3. The maximum Gasteiger partial charge on any atom is 0.387 e. The molecule has 1 aromatic rings. The standard InChI is InChI=1S/C15H20F2N2O2/c16-15(17)21-13-5-3-11(4-6-13)7-9-19-14(20)12-2-1-8-18-10-12/h3-6,12,15,18H,1-2,7-10H2,(H,19,20)/t12-/m0/s1. The Morgan fingerprint density at radius 2 is 2.14 bits per heavy atom. The van der Waals surface area contributed by atoms with Gasteiger partial charge < -0.3 is 15.4 Å². The molecule has 1 aromatic carbocycles. The Morgan fingerprint density at radius 1 is 1.38 bits per heavy atom. The number of amides is 1. The Kier molecular flexibility index (Phi) is 5.92. The fraction of sp³-hybridized carbons (Fsp3) is 0.533. The molecule has 0 unspecified atom stereocenters. The average Bonchev–Trinajstić information content (AvgIpc) is 2.49. The summed E-state index contributed by atoms with van der Waals surface area (Å²) in [5.41, 5.74) is 0.971. The summed E-state index contributed by atoms with van der Waals surface area (Å²) < 4.78 is 28.3. The zero-order valence-electron chi connectivity index (χ0n) is 11.8. The van der Waals surface area contributed by atoms with Crippen molar-refractivity contribution in [1.29, 1.82) is 0 Å². The van der Waals surface area contributed by atoms with Gasteiger partial charge in [0.05, 0.1) is 5.92 Å². The minimum atomic E-state index is -2.81. The lowest BCUT2D eigenvalue weighted by Gasteiger charge is -2.21. The number of carbonyl (C=O) groups is 1. The SMILES string of the molecule is O=C(NCCc1ccc(OC(F)F)cc1)[C@H]1CCCNC1. The number of nitrogens with one attached hydrogen (secondary N) is 2. The van der Waals surface area contributed by atoms with Crippen molar-refractivity contribution in [3.63, 3.8) is 0 Å². The van der Waals surface area contributed by atoms with E-state index in [0.717, 1.165) is 31.5 Å². The number of halogens is 2. The molecule has 0 aromatic heterocycles. The van der Waals surface area contributed by atoms with E-state index in [0.29, 0.717) is 13.0 Å². The van der Waals surface area contributed by atoms with Gasteiger partial charge in [0.25, 0.3) is 0 Å². The van der Waals surface area contributed by atoms with E-state index in [2.05, 4.69) is 15.4 Å². The van der Waals surface area contributed by atoms with Crippen LogP contribution >= 0.6 is 0 Å². The Labute approximate surface area is 122 Å². The predicted molar refractivity (Wildman–Crippen MR) is 75.4 cm³/mol. The first-order valence-corrected chi connectivity index (χ1v) is 7.17.